The van der Waals surface area contributed by atoms with Crippen LogP contribution in [0, 0.1) is 6.92 Å². The molecule has 1 aromatic heterocycles. The fourth-order valence-electron chi connectivity index (χ4n) is 1.62. The lowest BCUT2D eigenvalue weighted by molar-refractivity contribution is 0.934. The fourth-order valence-corrected chi connectivity index (χ4v) is 2.31. The predicted molar refractivity (Wildman–Crippen MR) is 60.4 cm³/mol. The molecule has 2 aromatic rings. The van der Waals surface area contributed by atoms with Crippen molar-refractivity contribution in [1.29, 1.82) is 0 Å². The molecule has 0 saturated heterocycles. The lowest BCUT2D eigenvalue weighted by atomic mass is 10.2. The van der Waals surface area contributed by atoms with E-state index in [0.29, 0.717) is 0 Å². The van der Waals surface area contributed by atoms with E-state index in [1.807, 2.05) is 19.2 Å². The highest BCUT2D eigenvalue weighted by molar-refractivity contribution is 9.10. The number of nitrogens with zero attached hydrogens (tertiary/aromatic N) is 1. The quantitative estimate of drug-likeness (QED) is 0.675. The van der Waals surface area contributed by atoms with E-state index < -0.39 is 0 Å². The minimum absolute atomic E-state index is 0.800. The maximum atomic E-state index is 6.11. The van der Waals surface area contributed by atoms with Crippen molar-refractivity contribution in [3.05, 3.63) is 33.4 Å². The Hall–Kier alpha value is -0.470. The van der Waals surface area contributed by atoms with Crippen LogP contribution in [0.4, 0.5) is 0 Å². The highest BCUT2D eigenvalue weighted by Crippen LogP contribution is 2.32. The second kappa shape index (κ2) is 3.03. The molecule has 0 aliphatic carbocycles. The SMILES string of the molecule is Cc1c(Br)n(C)c2c(Cl)cccc12. The van der Waals surface area contributed by atoms with Crippen molar-refractivity contribution in [3.8, 4) is 0 Å². The van der Waals surface area contributed by atoms with Gasteiger partial charge in [0, 0.05) is 12.4 Å². The molecule has 0 spiro atoms. The van der Waals surface area contributed by atoms with Crippen molar-refractivity contribution in [3.63, 3.8) is 0 Å². The Bertz CT molecular complexity index is 473. The molecule has 0 aliphatic rings. The third-order valence-electron chi connectivity index (χ3n) is 2.33. The lowest BCUT2D eigenvalue weighted by Gasteiger charge is -1.98. The molecule has 0 bridgehead atoms. The van der Waals surface area contributed by atoms with E-state index in [0.717, 1.165) is 15.1 Å². The van der Waals surface area contributed by atoms with Crippen LogP contribution in [-0.4, -0.2) is 4.57 Å². The van der Waals surface area contributed by atoms with Crippen LogP contribution in [0.5, 0.6) is 0 Å². The summed E-state index contributed by atoms with van der Waals surface area (Å²) in [6, 6.07) is 5.97. The Morgan fingerprint density at radius 3 is 2.69 bits per heavy atom. The van der Waals surface area contributed by atoms with Gasteiger partial charge in [-0.15, -0.1) is 0 Å². The average molecular weight is 259 g/mol. The van der Waals surface area contributed by atoms with Crippen LogP contribution >= 0.6 is 27.5 Å². The predicted octanol–water partition coefficient (Wildman–Crippen LogP) is 3.90. The minimum atomic E-state index is 0.800. The molecule has 2 rings (SSSR count). The normalized spacial score (nSPS) is 11.1. The number of hydrogen-bond donors (Lipinski definition) is 0. The first kappa shape index (κ1) is 9.10. The van der Waals surface area contributed by atoms with Gasteiger partial charge in [-0.05, 0) is 34.5 Å². The van der Waals surface area contributed by atoms with Gasteiger partial charge in [0.25, 0.3) is 0 Å². The van der Waals surface area contributed by atoms with Crippen molar-refractivity contribution in [2.24, 2.45) is 7.05 Å². The number of rotatable bonds is 0. The van der Waals surface area contributed by atoms with E-state index in [9.17, 15) is 0 Å². The number of para-hydroxylation sites is 1. The number of fused-ring (bicyclic) bond motifs is 1. The molecule has 0 saturated carbocycles. The van der Waals surface area contributed by atoms with Crippen molar-refractivity contribution in [1.82, 2.24) is 4.57 Å². The topological polar surface area (TPSA) is 4.93 Å². The Kier molecular flexibility index (Phi) is 2.12. The van der Waals surface area contributed by atoms with E-state index in [4.69, 9.17) is 11.6 Å². The molecule has 3 heteroatoms. The molecule has 0 N–H and O–H groups in total. The van der Waals surface area contributed by atoms with Crippen LogP contribution in [0.1, 0.15) is 5.56 Å². The minimum Gasteiger partial charge on any atom is -0.337 e. The number of halogens is 2. The first-order valence-corrected chi connectivity index (χ1v) is 5.19. The van der Waals surface area contributed by atoms with Gasteiger partial charge < -0.3 is 4.57 Å². The zero-order chi connectivity index (χ0) is 9.59. The zero-order valence-corrected chi connectivity index (χ0v) is 9.78. The largest absolute Gasteiger partial charge is 0.337 e. The Morgan fingerprint density at radius 1 is 1.38 bits per heavy atom. The summed E-state index contributed by atoms with van der Waals surface area (Å²) in [4.78, 5) is 0. The lowest BCUT2D eigenvalue weighted by Crippen LogP contribution is -1.87. The van der Waals surface area contributed by atoms with Gasteiger partial charge >= 0.3 is 0 Å². The molecule has 0 fully saturated rings. The summed E-state index contributed by atoms with van der Waals surface area (Å²) < 4.78 is 3.16. The number of benzene rings is 1. The fraction of sp³-hybridized carbons (Fsp3) is 0.200. The summed E-state index contributed by atoms with van der Waals surface area (Å²) in [5.74, 6) is 0. The van der Waals surface area contributed by atoms with E-state index in [1.54, 1.807) is 0 Å². The number of hydrogen-bond acceptors (Lipinski definition) is 0. The second-order valence-corrected chi connectivity index (χ2v) is 4.27. The molecule has 1 aromatic carbocycles. The highest BCUT2D eigenvalue weighted by atomic mass is 79.9. The summed E-state index contributed by atoms with van der Waals surface area (Å²) in [5, 5.41) is 2.01. The van der Waals surface area contributed by atoms with Gasteiger partial charge in [-0.1, -0.05) is 23.7 Å². The standard InChI is InChI=1S/C10H9BrClN/c1-6-7-4-3-5-8(12)9(7)13(2)10(6)11/h3-5H,1-2H3. The highest BCUT2D eigenvalue weighted by Gasteiger charge is 2.10. The monoisotopic (exact) mass is 257 g/mol. The summed E-state index contributed by atoms with van der Waals surface area (Å²) in [7, 11) is 2.01. The van der Waals surface area contributed by atoms with E-state index in [2.05, 4.69) is 33.5 Å². The van der Waals surface area contributed by atoms with Gasteiger partial charge in [-0.25, -0.2) is 0 Å². The third-order valence-corrected chi connectivity index (χ3v) is 3.76. The maximum absolute atomic E-state index is 6.11. The van der Waals surface area contributed by atoms with Crippen LogP contribution in [0.3, 0.4) is 0 Å². The molecule has 13 heavy (non-hydrogen) atoms. The van der Waals surface area contributed by atoms with Crippen molar-refractivity contribution >= 4 is 38.4 Å². The van der Waals surface area contributed by atoms with Gasteiger partial charge in [0.15, 0.2) is 0 Å². The van der Waals surface area contributed by atoms with Gasteiger partial charge in [-0.2, -0.15) is 0 Å². The number of aromatic nitrogens is 1. The van der Waals surface area contributed by atoms with Crippen LogP contribution in [0.15, 0.2) is 22.8 Å². The van der Waals surface area contributed by atoms with E-state index in [-0.39, 0.29) is 0 Å². The molecule has 1 nitrogen and oxygen atoms in total. The van der Waals surface area contributed by atoms with Crippen LogP contribution in [-0.2, 0) is 7.05 Å². The van der Waals surface area contributed by atoms with E-state index in [1.165, 1.54) is 10.9 Å². The van der Waals surface area contributed by atoms with Gasteiger partial charge in [0.1, 0.15) is 0 Å². The smallest absolute Gasteiger partial charge is 0.0884 e. The number of aryl methyl sites for hydroxylation is 2. The molecule has 0 unspecified atom stereocenters. The van der Waals surface area contributed by atoms with Gasteiger partial charge in [0.05, 0.1) is 15.1 Å². The third kappa shape index (κ3) is 1.20. The summed E-state index contributed by atoms with van der Waals surface area (Å²) in [6.07, 6.45) is 0. The summed E-state index contributed by atoms with van der Waals surface area (Å²) in [6.45, 7) is 2.09. The van der Waals surface area contributed by atoms with Crippen LogP contribution in [0.2, 0.25) is 5.02 Å². The van der Waals surface area contributed by atoms with Gasteiger partial charge in [-0.3, -0.25) is 0 Å². The second-order valence-electron chi connectivity index (χ2n) is 3.11. The first-order chi connectivity index (χ1) is 6.13. The van der Waals surface area contributed by atoms with Crippen molar-refractivity contribution < 1.29 is 0 Å². The molecule has 0 amide bonds. The Morgan fingerprint density at radius 2 is 2.08 bits per heavy atom. The molecule has 0 atom stereocenters. The summed E-state index contributed by atoms with van der Waals surface area (Å²) in [5.41, 5.74) is 2.33. The van der Waals surface area contributed by atoms with E-state index >= 15 is 0 Å². The van der Waals surface area contributed by atoms with Crippen LogP contribution < -0.4 is 0 Å². The molecular formula is C10H9BrClN. The van der Waals surface area contributed by atoms with Crippen molar-refractivity contribution in [2.75, 3.05) is 0 Å². The maximum Gasteiger partial charge on any atom is 0.0884 e. The zero-order valence-electron chi connectivity index (χ0n) is 7.44. The Balaban J connectivity index is 3.03. The summed E-state index contributed by atoms with van der Waals surface area (Å²) >= 11 is 9.64. The average Bonchev–Trinajstić information content (AvgIpc) is 2.33. The molecule has 1 heterocycles. The Labute approximate surface area is 90.4 Å². The molecule has 68 valence electrons. The first-order valence-electron chi connectivity index (χ1n) is 4.02. The molecule has 0 aliphatic heterocycles. The molecular weight excluding hydrogens is 249 g/mol. The van der Waals surface area contributed by atoms with Crippen molar-refractivity contribution in [2.45, 2.75) is 6.92 Å². The van der Waals surface area contributed by atoms with Gasteiger partial charge in [0.2, 0.25) is 0 Å². The molecule has 0 radical (unpaired) electrons. The van der Waals surface area contributed by atoms with Crippen LogP contribution in [0.25, 0.3) is 10.9 Å².